The number of hydrogen-bond acceptors (Lipinski definition) is 4. The van der Waals surface area contributed by atoms with Crippen LogP contribution in [0.15, 0.2) is 29.2 Å². The van der Waals surface area contributed by atoms with E-state index in [1.807, 2.05) is 19.1 Å². The third-order valence-electron chi connectivity index (χ3n) is 4.46. The van der Waals surface area contributed by atoms with Gasteiger partial charge in [0.1, 0.15) is 0 Å². The molecule has 0 spiro atoms. The molecule has 22 heavy (non-hydrogen) atoms. The van der Waals surface area contributed by atoms with Gasteiger partial charge in [0.25, 0.3) is 0 Å². The fourth-order valence-corrected chi connectivity index (χ4v) is 4.82. The molecular formula is C17H27NO3S. The van der Waals surface area contributed by atoms with E-state index in [1.165, 1.54) is 0 Å². The number of aliphatic hydroxyl groups excluding tert-OH is 1. The van der Waals surface area contributed by atoms with Crippen LogP contribution < -0.4 is 5.32 Å². The molecule has 0 amide bonds. The lowest BCUT2D eigenvalue weighted by molar-refractivity contribution is 0.182. The van der Waals surface area contributed by atoms with Gasteiger partial charge in [-0.2, -0.15) is 0 Å². The molecule has 1 aromatic carbocycles. The molecule has 124 valence electrons. The van der Waals surface area contributed by atoms with Crippen molar-refractivity contribution in [3.63, 3.8) is 0 Å². The average molecular weight is 325 g/mol. The lowest BCUT2D eigenvalue weighted by atomic mass is 10.1. The summed E-state index contributed by atoms with van der Waals surface area (Å²) in [6.07, 6.45) is 4.03. The normalized spacial score (nSPS) is 19.2. The smallest absolute Gasteiger partial charge is 0.181 e. The van der Waals surface area contributed by atoms with E-state index < -0.39 is 9.84 Å². The second-order valence-corrected chi connectivity index (χ2v) is 8.56. The molecule has 0 aliphatic heterocycles. The number of sulfone groups is 1. The summed E-state index contributed by atoms with van der Waals surface area (Å²) in [5, 5.41) is 12.4. The Kier molecular flexibility index (Phi) is 6.01. The Morgan fingerprint density at radius 3 is 2.32 bits per heavy atom. The number of nitrogens with one attached hydrogen (secondary N) is 1. The van der Waals surface area contributed by atoms with Gasteiger partial charge in [-0.25, -0.2) is 8.42 Å². The van der Waals surface area contributed by atoms with Crippen molar-refractivity contribution in [2.24, 2.45) is 0 Å². The average Bonchev–Trinajstić information content (AvgIpc) is 3.02. The highest BCUT2D eigenvalue weighted by Crippen LogP contribution is 2.30. The van der Waals surface area contributed by atoms with Crippen LogP contribution in [0.3, 0.4) is 0 Å². The molecular weight excluding hydrogens is 298 g/mol. The summed E-state index contributed by atoms with van der Waals surface area (Å²) < 4.78 is 25.0. The summed E-state index contributed by atoms with van der Waals surface area (Å²) >= 11 is 0. The molecule has 1 aromatic rings. The number of rotatable bonds is 7. The summed E-state index contributed by atoms with van der Waals surface area (Å²) in [5.41, 5.74) is 1.07. The Hall–Kier alpha value is -0.910. The van der Waals surface area contributed by atoms with Crippen molar-refractivity contribution in [2.45, 2.75) is 68.2 Å². The van der Waals surface area contributed by atoms with E-state index in [1.54, 1.807) is 19.1 Å². The minimum atomic E-state index is -3.16. The Morgan fingerprint density at radius 2 is 1.77 bits per heavy atom. The molecule has 0 radical (unpaired) electrons. The topological polar surface area (TPSA) is 66.4 Å². The summed E-state index contributed by atoms with van der Waals surface area (Å²) in [4.78, 5) is 0.444. The maximum atomic E-state index is 12.5. The van der Waals surface area contributed by atoms with Gasteiger partial charge in [0.2, 0.25) is 0 Å². The lowest BCUT2D eigenvalue weighted by Crippen LogP contribution is -2.22. The maximum Gasteiger partial charge on any atom is 0.181 e. The zero-order valence-electron chi connectivity index (χ0n) is 13.5. The first-order chi connectivity index (χ1) is 10.4. The van der Waals surface area contributed by atoms with Gasteiger partial charge in [-0.15, -0.1) is 0 Å². The molecule has 0 saturated heterocycles. The number of aliphatic hydroxyl groups is 1. The molecule has 0 bridgehead atoms. The summed E-state index contributed by atoms with van der Waals surface area (Å²) in [7, 11) is -3.16. The molecule has 1 aliphatic rings. The van der Waals surface area contributed by atoms with Gasteiger partial charge in [0.05, 0.1) is 16.2 Å². The largest absolute Gasteiger partial charge is 0.393 e. The minimum absolute atomic E-state index is 0.141. The van der Waals surface area contributed by atoms with E-state index in [-0.39, 0.29) is 17.4 Å². The quantitative estimate of drug-likeness (QED) is 0.809. The van der Waals surface area contributed by atoms with Crippen LogP contribution in [0.4, 0.5) is 0 Å². The Morgan fingerprint density at radius 1 is 1.18 bits per heavy atom. The fourth-order valence-electron chi connectivity index (χ4n) is 2.96. The van der Waals surface area contributed by atoms with Gasteiger partial charge in [-0.1, -0.05) is 25.0 Å². The van der Waals surface area contributed by atoms with Crippen LogP contribution in [0.5, 0.6) is 0 Å². The molecule has 1 saturated carbocycles. The summed E-state index contributed by atoms with van der Waals surface area (Å²) in [6.45, 7) is 4.55. The van der Waals surface area contributed by atoms with E-state index >= 15 is 0 Å². The molecule has 0 heterocycles. The third kappa shape index (κ3) is 4.31. The highest BCUT2D eigenvalue weighted by molar-refractivity contribution is 7.92. The first-order valence-electron chi connectivity index (χ1n) is 8.16. The van der Waals surface area contributed by atoms with Crippen LogP contribution in [0.25, 0.3) is 0 Å². The van der Waals surface area contributed by atoms with E-state index in [2.05, 4.69) is 5.32 Å². The molecule has 0 aromatic heterocycles. The maximum absolute atomic E-state index is 12.5. The first kappa shape index (κ1) is 17.4. The molecule has 4 nitrogen and oxygen atoms in total. The van der Waals surface area contributed by atoms with Crippen molar-refractivity contribution in [2.75, 3.05) is 6.54 Å². The van der Waals surface area contributed by atoms with Crippen LogP contribution in [0.1, 0.15) is 57.6 Å². The molecule has 2 rings (SSSR count). The molecule has 1 aliphatic carbocycles. The van der Waals surface area contributed by atoms with Gasteiger partial charge in [0, 0.05) is 6.04 Å². The number of benzene rings is 1. The van der Waals surface area contributed by atoms with Crippen molar-refractivity contribution in [1.29, 1.82) is 0 Å². The summed E-state index contributed by atoms with van der Waals surface area (Å²) in [5.74, 6) is 0. The van der Waals surface area contributed by atoms with E-state index in [9.17, 15) is 13.5 Å². The fraction of sp³-hybridized carbons (Fsp3) is 0.647. The second-order valence-electron chi connectivity index (χ2n) is 6.33. The predicted molar refractivity (Wildman–Crippen MR) is 88.6 cm³/mol. The zero-order valence-corrected chi connectivity index (χ0v) is 14.3. The van der Waals surface area contributed by atoms with Crippen LogP contribution in [-0.4, -0.2) is 31.4 Å². The van der Waals surface area contributed by atoms with E-state index in [0.717, 1.165) is 37.8 Å². The van der Waals surface area contributed by atoms with Gasteiger partial charge in [-0.05, 0) is 57.4 Å². The van der Waals surface area contributed by atoms with Crippen molar-refractivity contribution in [1.82, 2.24) is 5.32 Å². The SMILES string of the molecule is CC(O)CCNC(C)c1ccc(S(=O)(=O)C2CCCC2)cc1. The monoisotopic (exact) mass is 325 g/mol. The Balaban J connectivity index is 2.00. The summed E-state index contributed by atoms with van der Waals surface area (Å²) in [6, 6.07) is 7.39. The van der Waals surface area contributed by atoms with Crippen molar-refractivity contribution in [3.05, 3.63) is 29.8 Å². The van der Waals surface area contributed by atoms with E-state index in [4.69, 9.17) is 0 Å². The number of hydrogen-bond donors (Lipinski definition) is 2. The Labute approximate surface area is 133 Å². The van der Waals surface area contributed by atoms with Crippen LogP contribution in [0.2, 0.25) is 0 Å². The molecule has 2 N–H and O–H groups in total. The highest BCUT2D eigenvalue weighted by atomic mass is 32.2. The van der Waals surface area contributed by atoms with Crippen molar-refractivity contribution < 1.29 is 13.5 Å². The first-order valence-corrected chi connectivity index (χ1v) is 9.71. The van der Waals surface area contributed by atoms with Gasteiger partial charge in [0.15, 0.2) is 9.84 Å². The van der Waals surface area contributed by atoms with Crippen LogP contribution in [-0.2, 0) is 9.84 Å². The standard InChI is InChI=1S/C17H27NO3S/c1-13(19)11-12-18-14(2)15-7-9-17(10-8-15)22(20,21)16-5-3-4-6-16/h7-10,13-14,16,18-19H,3-6,11-12H2,1-2H3. The zero-order chi connectivity index (χ0) is 16.2. The third-order valence-corrected chi connectivity index (χ3v) is 6.74. The van der Waals surface area contributed by atoms with Crippen molar-refractivity contribution in [3.8, 4) is 0 Å². The van der Waals surface area contributed by atoms with Gasteiger partial charge >= 0.3 is 0 Å². The van der Waals surface area contributed by atoms with Crippen LogP contribution >= 0.6 is 0 Å². The van der Waals surface area contributed by atoms with Crippen LogP contribution in [0, 0.1) is 0 Å². The van der Waals surface area contributed by atoms with Gasteiger partial charge in [-0.3, -0.25) is 0 Å². The lowest BCUT2D eigenvalue weighted by Gasteiger charge is -2.16. The second kappa shape index (κ2) is 7.57. The minimum Gasteiger partial charge on any atom is -0.393 e. The predicted octanol–water partition coefficient (Wildman–Crippen LogP) is 2.82. The molecule has 1 fully saturated rings. The molecule has 2 atom stereocenters. The highest BCUT2D eigenvalue weighted by Gasteiger charge is 2.30. The van der Waals surface area contributed by atoms with E-state index in [0.29, 0.717) is 11.3 Å². The van der Waals surface area contributed by atoms with Gasteiger partial charge < -0.3 is 10.4 Å². The van der Waals surface area contributed by atoms with Crippen molar-refractivity contribution >= 4 is 9.84 Å². The molecule has 5 heteroatoms. The molecule has 2 unspecified atom stereocenters. The Bertz CT molecular complexity index is 560.